The molecule has 0 aliphatic carbocycles. The second-order valence-electron chi connectivity index (χ2n) is 6.44. The molecule has 0 aliphatic rings. The van der Waals surface area contributed by atoms with Crippen molar-refractivity contribution >= 4 is 51.9 Å². The van der Waals surface area contributed by atoms with E-state index < -0.39 is 11.7 Å². The Morgan fingerprint density at radius 2 is 1.87 bits per heavy atom. The highest BCUT2D eigenvalue weighted by Gasteiger charge is 2.16. The fourth-order valence-corrected chi connectivity index (χ4v) is 3.61. The molecule has 2 amide bonds. The zero-order valence-electron chi connectivity index (χ0n) is 16.4. The molecule has 2 N–H and O–H groups in total. The number of methoxy groups -OCH3 is 1. The Labute approximate surface area is 187 Å². The quantitative estimate of drug-likeness (QED) is 0.440. The molecule has 0 aliphatic heterocycles. The molecule has 0 fully saturated rings. The van der Waals surface area contributed by atoms with Crippen molar-refractivity contribution in [3.63, 3.8) is 0 Å². The predicted molar refractivity (Wildman–Crippen MR) is 119 cm³/mol. The molecule has 2 aromatic carbocycles. The molecule has 3 rings (SSSR count). The molecule has 31 heavy (non-hydrogen) atoms. The summed E-state index contributed by atoms with van der Waals surface area (Å²) in [6.45, 7) is 0. The van der Waals surface area contributed by atoms with Gasteiger partial charge >= 0.3 is 0 Å². The smallest absolute Gasteiger partial charge is 0.258 e. The van der Waals surface area contributed by atoms with Crippen molar-refractivity contribution in [2.45, 2.75) is 12.8 Å². The minimum Gasteiger partial charge on any atom is -0.495 e. The maximum absolute atomic E-state index is 14.0. The van der Waals surface area contributed by atoms with Gasteiger partial charge < -0.3 is 15.4 Å². The summed E-state index contributed by atoms with van der Waals surface area (Å²) >= 11 is 7.05. The van der Waals surface area contributed by atoms with Gasteiger partial charge in [-0.1, -0.05) is 17.7 Å². The minimum absolute atomic E-state index is 0.0143. The number of carbonyl (C=O) groups excluding carboxylic acids is 3. The van der Waals surface area contributed by atoms with Gasteiger partial charge in [0.15, 0.2) is 5.78 Å². The molecule has 0 unspecified atom stereocenters. The third-order valence-electron chi connectivity index (χ3n) is 4.28. The summed E-state index contributed by atoms with van der Waals surface area (Å²) in [5, 5.41) is 7.23. The Kier molecular flexibility index (Phi) is 7.38. The van der Waals surface area contributed by atoms with Gasteiger partial charge in [-0.05, 0) is 47.8 Å². The fraction of sp³-hybridized carbons (Fsp3) is 0.136. The predicted octanol–water partition coefficient (Wildman–Crippen LogP) is 5.40. The second-order valence-corrected chi connectivity index (χ2v) is 7.83. The first-order chi connectivity index (χ1) is 14.9. The summed E-state index contributed by atoms with van der Waals surface area (Å²) in [7, 11) is 1.42. The maximum Gasteiger partial charge on any atom is 0.258 e. The highest BCUT2D eigenvalue weighted by atomic mass is 35.5. The van der Waals surface area contributed by atoms with Gasteiger partial charge in [0, 0.05) is 23.6 Å². The SMILES string of the molecule is COc1ccc(NC(=O)CCC(=O)c2cccs2)cc1NC(=O)c1ccc(Cl)cc1F. The van der Waals surface area contributed by atoms with E-state index in [1.54, 1.807) is 29.6 Å². The van der Waals surface area contributed by atoms with E-state index in [4.69, 9.17) is 16.3 Å². The Balaban J connectivity index is 1.67. The van der Waals surface area contributed by atoms with E-state index in [0.29, 0.717) is 16.3 Å². The lowest BCUT2D eigenvalue weighted by Crippen LogP contribution is -2.16. The van der Waals surface area contributed by atoms with Crippen molar-refractivity contribution in [1.29, 1.82) is 0 Å². The number of anilines is 2. The molecule has 0 bridgehead atoms. The van der Waals surface area contributed by atoms with Gasteiger partial charge in [0.05, 0.1) is 23.2 Å². The molecule has 0 saturated heterocycles. The van der Waals surface area contributed by atoms with Crippen LogP contribution in [0.2, 0.25) is 5.02 Å². The van der Waals surface area contributed by atoms with Crippen LogP contribution in [0, 0.1) is 5.82 Å². The molecule has 0 spiro atoms. The molecule has 1 aromatic heterocycles. The number of hydrogen-bond acceptors (Lipinski definition) is 5. The molecule has 6 nitrogen and oxygen atoms in total. The van der Waals surface area contributed by atoms with Crippen LogP contribution >= 0.6 is 22.9 Å². The normalized spacial score (nSPS) is 10.4. The molecule has 0 radical (unpaired) electrons. The van der Waals surface area contributed by atoms with Crippen LogP contribution in [-0.4, -0.2) is 24.7 Å². The number of ketones is 1. The Morgan fingerprint density at radius 3 is 2.55 bits per heavy atom. The Morgan fingerprint density at radius 1 is 1.06 bits per heavy atom. The van der Waals surface area contributed by atoms with Crippen LogP contribution < -0.4 is 15.4 Å². The number of rotatable bonds is 8. The first kappa shape index (κ1) is 22.5. The average Bonchev–Trinajstić information content (AvgIpc) is 3.27. The monoisotopic (exact) mass is 460 g/mol. The maximum atomic E-state index is 14.0. The van der Waals surface area contributed by atoms with Crippen molar-refractivity contribution in [2.24, 2.45) is 0 Å². The van der Waals surface area contributed by atoms with Crippen molar-refractivity contribution in [2.75, 3.05) is 17.7 Å². The third kappa shape index (κ3) is 5.90. The number of carbonyl (C=O) groups is 3. The lowest BCUT2D eigenvalue weighted by atomic mass is 10.1. The summed E-state index contributed by atoms with van der Waals surface area (Å²) in [5.74, 6) is -1.58. The largest absolute Gasteiger partial charge is 0.495 e. The summed E-state index contributed by atoms with van der Waals surface area (Å²) < 4.78 is 19.3. The number of benzene rings is 2. The molecule has 0 saturated carbocycles. The standard InChI is InChI=1S/C22H18ClFN2O4S/c1-30-19-8-5-14(25-21(28)9-7-18(27)20-3-2-10-31-20)12-17(19)26-22(29)15-6-4-13(23)11-16(15)24/h2-6,8,10-12H,7,9H2,1H3,(H,25,28)(H,26,29). The Bertz CT molecular complexity index is 1120. The molecular weight excluding hydrogens is 443 g/mol. The van der Waals surface area contributed by atoms with E-state index in [-0.39, 0.29) is 40.8 Å². The minimum atomic E-state index is -0.760. The van der Waals surface area contributed by atoms with Crippen LogP contribution in [0.15, 0.2) is 53.9 Å². The van der Waals surface area contributed by atoms with E-state index >= 15 is 0 Å². The lowest BCUT2D eigenvalue weighted by molar-refractivity contribution is -0.116. The number of ether oxygens (including phenoxy) is 1. The molecule has 160 valence electrons. The number of hydrogen-bond donors (Lipinski definition) is 2. The highest BCUT2D eigenvalue weighted by molar-refractivity contribution is 7.12. The number of Topliss-reactive ketones (excluding diaryl/α,β-unsaturated/α-hetero) is 1. The van der Waals surface area contributed by atoms with Gasteiger partial charge in [-0.15, -0.1) is 11.3 Å². The van der Waals surface area contributed by atoms with Gasteiger partial charge in [-0.3, -0.25) is 14.4 Å². The first-order valence-corrected chi connectivity index (χ1v) is 10.4. The molecule has 3 aromatic rings. The topological polar surface area (TPSA) is 84.5 Å². The van der Waals surface area contributed by atoms with E-state index in [2.05, 4.69) is 10.6 Å². The summed E-state index contributed by atoms with van der Waals surface area (Å²) in [6, 6.07) is 11.9. The highest BCUT2D eigenvalue weighted by Crippen LogP contribution is 2.29. The summed E-state index contributed by atoms with van der Waals surface area (Å²) in [4.78, 5) is 37.3. The van der Waals surface area contributed by atoms with Crippen LogP contribution in [0.25, 0.3) is 0 Å². The van der Waals surface area contributed by atoms with Gasteiger partial charge in [0.25, 0.3) is 5.91 Å². The van der Waals surface area contributed by atoms with Crippen molar-refractivity contribution < 1.29 is 23.5 Å². The van der Waals surface area contributed by atoms with Gasteiger partial charge in [-0.25, -0.2) is 4.39 Å². The van der Waals surface area contributed by atoms with Crippen LogP contribution in [0.4, 0.5) is 15.8 Å². The molecule has 1 heterocycles. The van der Waals surface area contributed by atoms with Crippen LogP contribution in [0.1, 0.15) is 32.9 Å². The Hall–Kier alpha value is -3.23. The van der Waals surface area contributed by atoms with Crippen LogP contribution in [0.5, 0.6) is 5.75 Å². The number of halogens is 2. The first-order valence-electron chi connectivity index (χ1n) is 9.18. The average molecular weight is 461 g/mol. The summed E-state index contributed by atoms with van der Waals surface area (Å²) in [5.41, 5.74) is 0.448. The zero-order chi connectivity index (χ0) is 22.4. The fourth-order valence-electron chi connectivity index (χ4n) is 2.76. The second kappa shape index (κ2) is 10.2. The molecule has 9 heteroatoms. The van der Waals surface area contributed by atoms with E-state index in [0.717, 1.165) is 6.07 Å². The molecular formula is C22H18ClFN2O4S. The number of nitrogens with one attached hydrogen (secondary N) is 2. The zero-order valence-corrected chi connectivity index (χ0v) is 18.0. The van der Waals surface area contributed by atoms with Gasteiger partial charge in [-0.2, -0.15) is 0 Å². The number of thiophene rings is 1. The van der Waals surface area contributed by atoms with Crippen molar-refractivity contribution in [3.05, 3.63) is 75.2 Å². The number of amides is 2. The lowest BCUT2D eigenvalue weighted by Gasteiger charge is -2.13. The molecule has 0 atom stereocenters. The van der Waals surface area contributed by atoms with Gasteiger partial charge in [0.1, 0.15) is 11.6 Å². The van der Waals surface area contributed by atoms with E-state index in [1.807, 2.05) is 0 Å². The van der Waals surface area contributed by atoms with Gasteiger partial charge in [0.2, 0.25) is 5.91 Å². The third-order valence-corrected chi connectivity index (χ3v) is 5.43. The van der Waals surface area contributed by atoms with E-state index in [9.17, 15) is 18.8 Å². The van der Waals surface area contributed by atoms with Crippen LogP contribution in [0.3, 0.4) is 0 Å². The van der Waals surface area contributed by atoms with E-state index in [1.165, 1.54) is 36.6 Å². The van der Waals surface area contributed by atoms with Crippen LogP contribution in [-0.2, 0) is 4.79 Å². The summed E-state index contributed by atoms with van der Waals surface area (Å²) in [6.07, 6.45) is 0.0996. The van der Waals surface area contributed by atoms with Crippen molar-refractivity contribution in [3.8, 4) is 5.75 Å². The van der Waals surface area contributed by atoms with Crippen molar-refractivity contribution in [1.82, 2.24) is 0 Å².